The van der Waals surface area contributed by atoms with E-state index in [1.807, 2.05) is 53.4 Å². The van der Waals surface area contributed by atoms with E-state index in [1.165, 1.54) is 0 Å². The number of carbonyl (C=O) groups excluding carboxylic acids is 1. The molecular weight excluding hydrogens is 404 g/mol. The third kappa shape index (κ3) is 5.21. The van der Waals surface area contributed by atoms with Gasteiger partial charge in [-0.25, -0.2) is 0 Å². The Morgan fingerprint density at radius 1 is 1.20 bits per heavy atom. The van der Waals surface area contributed by atoms with Crippen LogP contribution in [0.1, 0.15) is 28.8 Å². The molecule has 0 radical (unpaired) electrons. The van der Waals surface area contributed by atoms with Crippen LogP contribution in [0, 0.1) is 0 Å². The fourth-order valence-corrected chi connectivity index (χ4v) is 3.14. The van der Waals surface area contributed by atoms with Gasteiger partial charge in [0.2, 0.25) is 0 Å². The summed E-state index contributed by atoms with van der Waals surface area (Å²) in [6, 6.07) is 15.4. The van der Waals surface area contributed by atoms with Crippen molar-refractivity contribution in [1.82, 2.24) is 4.90 Å². The summed E-state index contributed by atoms with van der Waals surface area (Å²) in [4.78, 5) is 14.6. The predicted octanol–water partition coefficient (Wildman–Crippen LogP) is 4.01. The van der Waals surface area contributed by atoms with Crippen LogP contribution in [0.2, 0.25) is 0 Å². The lowest BCUT2D eigenvalue weighted by atomic mass is 10.0. The zero-order chi connectivity index (χ0) is 16.9. The van der Waals surface area contributed by atoms with Gasteiger partial charge in [-0.15, -0.1) is 12.4 Å². The number of para-hydroxylation sites is 1. The first-order valence-electron chi connectivity index (χ1n) is 8.14. The molecule has 0 bridgehead atoms. The lowest BCUT2D eigenvalue weighted by Gasteiger charge is -2.31. The van der Waals surface area contributed by atoms with Crippen LogP contribution in [0.15, 0.2) is 53.0 Å². The van der Waals surface area contributed by atoms with Gasteiger partial charge in [0, 0.05) is 23.6 Å². The van der Waals surface area contributed by atoms with Crippen LogP contribution >= 0.6 is 28.3 Å². The second-order valence-corrected chi connectivity index (χ2v) is 6.98. The van der Waals surface area contributed by atoms with Gasteiger partial charge in [-0.2, -0.15) is 0 Å². The van der Waals surface area contributed by atoms with Crippen LogP contribution in [0.25, 0.3) is 0 Å². The summed E-state index contributed by atoms with van der Waals surface area (Å²) in [6.45, 7) is 1.80. The van der Waals surface area contributed by atoms with Gasteiger partial charge < -0.3 is 15.4 Å². The summed E-state index contributed by atoms with van der Waals surface area (Å²) < 4.78 is 6.94. The Morgan fingerprint density at radius 2 is 1.92 bits per heavy atom. The number of benzene rings is 2. The molecule has 6 heteroatoms. The van der Waals surface area contributed by atoms with Crippen molar-refractivity contribution in [3.63, 3.8) is 0 Å². The van der Waals surface area contributed by atoms with E-state index >= 15 is 0 Å². The number of amides is 1. The van der Waals surface area contributed by atoms with Crippen LogP contribution in [-0.4, -0.2) is 29.9 Å². The number of halogens is 2. The lowest BCUT2D eigenvalue weighted by molar-refractivity contribution is 0.0704. The number of likely N-dealkylation sites (tertiary alicyclic amines) is 1. The molecule has 1 amide bonds. The summed E-state index contributed by atoms with van der Waals surface area (Å²) in [5.74, 6) is 0.612. The average molecular weight is 426 g/mol. The zero-order valence-electron chi connectivity index (χ0n) is 13.9. The number of nitrogens with zero attached hydrogens (tertiary/aromatic N) is 1. The standard InChI is InChI=1S/C19H21BrN2O2.ClH/c20-15-9-7-14(8-10-15)13-24-18-6-2-1-5-17(18)19(23)22-11-3-4-16(21)12-22;/h1-2,5-10,16H,3-4,11-13,21H2;1H. The minimum Gasteiger partial charge on any atom is -0.488 e. The molecule has 2 aromatic rings. The molecule has 2 aromatic carbocycles. The number of rotatable bonds is 4. The van der Waals surface area contributed by atoms with Crippen molar-refractivity contribution in [3.8, 4) is 5.75 Å². The maximum Gasteiger partial charge on any atom is 0.257 e. The highest BCUT2D eigenvalue weighted by Crippen LogP contribution is 2.23. The van der Waals surface area contributed by atoms with Gasteiger partial charge in [0.25, 0.3) is 5.91 Å². The first-order chi connectivity index (χ1) is 11.6. The Labute approximate surface area is 162 Å². The Hall–Kier alpha value is -1.56. The van der Waals surface area contributed by atoms with E-state index < -0.39 is 0 Å². The summed E-state index contributed by atoms with van der Waals surface area (Å²) in [5, 5.41) is 0. The molecule has 0 spiro atoms. The van der Waals surface area contributed by atoms with Gasteiger partial charge in [-0.05, 0) is 42.7 Å². The van der Waals surface area contributed by atoms with E-state index in [2.05, 4.69) is 15.9 Å². The molecule has 2 N–H and O–H groups in total. The minimum atomic E-state index is -0.00319. The van der Waals surface area contributed by atoms with Gasteiger partial charge in [0.05, 0.1) is 5.56 Å². The largest absolute Gasteiger partial charge is 0.488 e. The fraction of sp³-hybridized carbons (Fsp3) is 0.316. The smallest absolute Gasteiger partial charge is 0.257 e. The number of ether oxygens (including phenoxy) is 1. The fourth-order valence-electron chi connectivity index (χ4n) is 2.88. The molecule has 4 nitrogen and oxygen atoms in total. The van der Waals surface area contributed by atoms with Crippen molar-refractivity contribution in [2.75, 3.05) is 13.1 Å². The van der Waals surface area contributed by atoms with E-state index in [0.717, 1.165) is 29.4 Å². The van der Waals surface area contributed by atoms with Crippen LogP contribution in [0.3, 0.4) is 0 Å². The van der Waals surface area contributed by atoms with Crippen molar-refractivity contribution in [2.24, 2.45) is 5.73 Å². The zero-order valence-corrected chi connectivity index (χ0v) is 16.3. The second kappa shape index (κ2) is 9.22. The SMILES string of the molecule is Cl.NC1CCCN(C(=O)c2ccccc2OCc2ccc(Br)cc2)C1. The molecule has 1 fully saturated rings. The van der Waals surface area contributed by atoms with Crippen LogP contribution in [0.4, 0.5) is 0 Å². The van der Waals surface area contributed by atoms with E-state index in [4.69, 9.17) is 10.5 Å². The monoisotopic (exact) mass is 424 g/mol. The number of hydrogen-bond acceptors (Lipinski definition) is 3. The highest BCUT2D eigenvalue weighted by Gasteiger charge is 2.24. The van der Waals surface area contributed by atoms with Gasteiger partial charge in [-0.3, -0.25) is 4.79 Å². The van der Waals surface area contributed by atoms with Crippen molar-refractivity contribution in [1.29, 1.82) is 0 Å². The molecule has 1 aliphatic heterocycles. The number of hydrogen-bond donors (Lipinski definition) is 1. The molecule has 0 aromatic heterocycles. The van der Waals surface area contributed by atoms with Gasteiger partial charge in [0.15, 0.2) is 0 Å². The first-order valence-corrected chi connectivity index (χ1v) is 8.94. The van der Waals surface area contributed by atoms with Gasteiger partial charge in [0.1, 0.15) is 12.4 Å². The van der Waals surface area contributed by atoms with Gasteiger partial charge in [-0.1, -0.05) is 40.2 Å². The number of carbonyl (C=O) groups is 1. The number of piperidine rings is 1. The molecule has 1 aliphatic rings. The molecule has 1 unspecified atom stereocenters. The summed E-state index contributed by atoms with van der Waals surface area (Å²) >= 11 is 3.42. The Morgan fingerprint density at radius 3 is 2.64 bits per heavy atom. The van der Waals surface area contributed by atoms with E-state index in [9.17, 15) is 4.79 Å². The van der Waals surface area contributed by atoms with E-state index in [1.54, 1.807) is 0 Å². The Bertz CT molecular complexity index is 709. The van der Waals surface area contributed by atoms with Crippen LogP contribution in [0.5, 0.6) is 5.75 Å². The molecule has 1 atom stereocenters. The highest BCUT2D eigenvalue weighted by atomic mass is 79.9. The van der Waals surface area contributed by atoms with Crippen molar-refractivity contribution < 1.29 is 9.53 Å². The van der Waals surface area contributed by atoms with Gasteiger partial charge >= 0.3 is 0 Å². The van der Waals surface area contributed by atoms with Crippen LogP contribution < -0.4 is 10.5 Å². The van der Waals surface area contributed by atoms with Crippen molar-refractivity contribution in [2.45, 2.75) is 25.5 Å². The molecule has 25 heavy (non-hydrogen) atoms. The molecular formula is C19H22BrClN2O2. The molecule has 0 aliphatic carbocycles. The summed E-state index contributed by atoms with van der Waals surface area (Å²) in [6.07, 6.45) is 1.93. The third-order valence-electron chi connectivity index (χ3n) is 4.17. The van der Waals surface area contributed by atoms with Crippen LogP contribution in [-0.2, 0) is 6.61 Å². The Balaban J connectivity index is 0.00000225. The van der Waals surface area contributed by atoms with Crippen molar-refractivity contribution >= 4 is 34.2 Å². The molecule has 0 saturated carbocycles. The van der Waals surface area contributed by atoms with Crippen molar-refractivity contribution in [3.05, 3.63) is 64.1 Å². The quantitative estimate of drug-likeness (QED) is 0.805. The minimum absolute atomic E-state index is 0. The second-order valence-electron chi connectivity index (χ2n) is 6.06. The maximum absolute atomic E-state index is 12.8. The molecule has 1 saturated heterocycles. The Kier molecular flexibility index (Phi) is 7.29. The van der Waals surface area contributed by atoms with E-state index in [0.29, 0.717) is 24.5 Å². The van der Waals surface area contributed by atoms with E-state index in [-0.39, 0.29) is 24.4 Å². The summed E-state index contributed by atoms with van der Waals surface area (Å²) in [7, 11) is 0. The normalized spacial score (nSPS) is 16.9. The molecule has 1 heterocycles. The number of nitrogens with two attached hydrogens (primary N) is 1. The third-order valence-corrected chi connectivity index (χ3v) is 4.70. The summed E-state index contributed by atoms with van der Waals surface area (Å²) in [5.41, 5.74) is 7.65. The maximum atomic E-state index is 12.8. The average Bonchev–Trinajstić information content (AvgIpc) is 2.61. The lowest BCUT2D eigenvalue weighted by Crippen LogP contribution is -2.45. The first kappa shape index (κ1) is 19.8. The topological polar surface area (TPSA) is 55.6 Å². The highest BCUT2D eigenvalue weighted by molar-refractivity contribution is 9.10. The predicted molar refractivity (Wildman–Crippen MR) is 105 cm³/mol. The molecule has 134 valence electrons. The molecule has 3 rings (SSSR count).